The summed E-state index contributed by atoms with van der Waals surface area (Å²) in [5, 5.41) is 9.86. The SMILES string of the molecule is CCN(CC(C)(C)O)C(=O)c1ccc(OC)c(OC)c1. The fraction of sp³-hybridized carbons (Fsp3) is 0.533. The van der Waals surface area contributed by atoms with Gasteiger partial charge in [0.25, 0.3) is 5.91 Å². The molecule has 1 amide bonds. The molecule has 5 heteroatoms. The third-order valence-corrected chi connectivity index (χ3v) is 2.88. The molecule has 0 radical (unpaired) electrons. The number of aliphatic hydroxyl groups is 1. The number of ether oxygens (including phenoxy) is 2. The highest BCUT2D eigenvalue weighted by Gasteiger charge is 2.23. The van der Waals surface area contributed by atoms with Crippen molar-refractivity contribution in [2.24, 2.45) is 0 Å². The van der Waals surface area contributed by atoms with Crippen LogP contribution in [0.3, 0.4) is 0 Å². The number of likely N-dealkylation sites (N-methyl/N-ethyl adjacent to an activating group) is 1. The molecule has 0 spiro atoms. The standard InChI is InChI=1S/C15H23NO4/c1-6-16(10-15(2,3)18)14(17)11-7-8-12(19-4)13(9-11)20-5/h7-9,18H,6,10H2,1-5H3. The monoisotopic (exact) mass is 281 g/mol. The molecule has 112 valence electrons. The minimum absolute atomic E-state index is 0.143. The van der Waals surface area contributed by atoms with Crippen molar-refractivity contribution >= 4 is 5.91 Å². The fourth-order valence-corrected chi connectivity index (χ4v) is 1.95. The van der Waals surface area contributed by atoms with Gasteiger partial charge in [0.15, 0.2) is 11.5 Å². The van der Waals surface area contributed by atoms with Crippen molar-refractivity contribution in [3.63, 3.8) is 0 Å². The quantitative estimate of drug-likeness (QED) is 0.865. The van der Waals surface area contributed by atoms with E-state index in [2.05, 4.69) is 0 Å². The Balaban J connectivity index is 3.01. The first kappa shape index (κ1) is 16.3. The fourth-order valence-electron chi connectivity index (χ4n) is 1.95. The van der Waals surface area contributed by atoms with E-state index in [4.69, 9.17) is 9.47 Å². The van der Waals surface area contributed by atoms with E-state index < -0.39 is 5.60 Å². The Morgan fingerprint density at radius 3 is 2.30 bits per heavy atom. The normalized spacial score (nSPS) is 11.1. The summed E-state index contributed by atoms with van der Waals surface area (Å²) in [5.41, 5.74) is -0.420. The highest BCUT2D eigenvalue weighted by atomic mass is 16.5. The van der Waals surface area contributed by atoms with E-state index in [1.54, 1.807) is 44.1 Å². The van der Waals surface area contributed by atoms with Gasteiger partial charge in [-0.15, -0.1) is 0 Å². The van der Waals surface area contributed by atoms with Gasteiger partial charge in [0.1, 0.15) is 0 Å². The van der Waals surface area contributed by atoms with Gasteiger partial charge in [-0.2, -0.15) is 0 Å². The Bertz CT molecular complexity index is 465. The van der Waals surface area contributed by atoms with Crippen LogP contribution in [0.15, 0.2) is 18.2 Å². The van der Waals surface area contributed by atoms with Crippen molar-refractivity contribution in [3.8, 4) is 11.5 Å². The number of rotatable bonds is 6. The van der Waals surface area contributed by atoms with Gasteiger partial charge in [-0.05, 0) is 39.0 Å². The number of hydrogen-bond donors (Lipinski definition) is 1. The third kappa shape index (κ3) is 4.13. The molecule has 0 heterocycles. The van der Waals surface area contributed by atoms with E-state index in [1.807, 2.05) is 6.92 Å². The second-order valence-corrected chi connectivity index (χ2v) is 5.20. The van der Waals surface area contributed by atoms with Gasteiger partial charge < -0.3 is 19.5 Å². The Morgan fingerprint density at radius 2 is 1.85 bits per heavy atom. The summed E-state index contributed by atoms with van der Waals surface area (Å²) in [6, 6.07) is 5.04. The van der Waals surface area contributed by atoms with Crippen molar-refractivity contribution in [3.05, 3.63) is 23.8 Å². The lowest BCUT2D eigenvalue weighted by atomic mass is 10.1. The van der Waals surface area contributed by atoms with Crippen LogP contribution in [0.5, 0.6) is 11.5 Å². The summed E-state index contributed by atoms with van der Waals surface area (Å²) in [4.78, 5) is 14.0. The van der Waals surface area contributed by atoms with Gasteiger partial charge >= 0.3 is 0 Å². The molecule has 1 aromatic carbocycles. The Morgan fingerprint density at radius 1 is 1.25 bits per heavy atom. The summed E-state index contributed by atoms with van der Waals surface area (Å²) in [7, 11) is 3.08. The minimum Gasteiger partial charge on any atom is -0.493 e. The number of nitrogens with zero attached hydrogens (tertiary/aromatic N) is 1. The average Bonchev–Trinajstić information content (AvgIpc) is 2.42. The van der Waals surface area contributed by atoms with Crippen LogP contribution in [-0.4, -0.2) is 48.8 Å². The van der Waals surface area contributed by atoms with Crippen molar-refractivity contribution in [2.75, 3.05) is 27.3 Å². The molecule has 1 aromatic rings. The van der Waals surface area contributed by atoms with Gasteiger partial charge in [0, 0.05) is 18.7 Å². The number of amides is 1. The lowest BCUT2D eigenvalue weighted by Crippen LogP contribution is -2.42. The molecule has 1 rings (SSSR count). The predicted molar refractivity (Wildman–Crippen MR) is 77.4 cm³/mol. The molecule has 0 saturated heterocycles. The van der Waals surface area contributed by atoms with E-state index >= 15 is 0 Å². The lowest BCUT2D eigenvalue weighted by molar-refractivity contribution is 0.0314. The third-order valence-electron chi connectivity index (χ3n) is 2.88. The van der Waals surface area contributed by atoms with Crippen molar-refractivity contribution in [2.45, 2.75) is 26.4 Å². The van der Waals surface area contributed by atoms with Gasteiger partial charge in [-0.3, -0.25) is 4.79 Å². The molecule has 0 aromatic heterocycles. The number of carbonyl (C=O) groups excluding carboxylic acids is 1. The second kappa shape index (κ2) is 6.61. The maximum absolute atomic E-state index is 12.4. The van der Waals surface area contributed by atoms with E-state index in [0.29, 0.717) is 23.6 Å². The van der Waals surface area contributed by atoms with Gasteiger partial charge in [0.2, 0.25) is 0 Å². The molecule has 0 fully saturated rings. The molecular weight excluding hydrogens is 258 g/mol. The zero-order valence-corrected chi connectivity index (χ0v) is 12.8. The van der Waals surface area contributed by atoms with Crippen LogP contribution in [0.2, 0.25) is 0 Å². The highest BCUT2D eigenvalue weighted by molar-refractivity contribution is 5.95. The minimum atomic E-state index is -0.928. The molecule has 0 bridgehead atoms. The molecule has 0 aliphatic rings. The lowest BCUT2D eigenvalue weighted by Gasteiger charge is -2.28. The summed E-state index contributed by atoms with van der Waals surface area (Å²) in [6.45, 7) is 6.04. The molecule has 5 nitrogen and oxygen atoms in total. The first-order valence-electron chi connectivity index (χ1n) is 6.56. The number of carbonyl (C=O) groups is 1. The molecule has 0 aliphatic carbocycles. The first-order valence-corrected chi connectivity index (χ1v) is 6.56. The maximum Gasteiger partial charge on any atom is 0.254 e. The van der Waals surface area contributed by atoms with Gasteiger partial charge in [0.05, 0.1) is 19.8 Å². The van der Waals surface area contributed by atoms with E-state index in [0.717, 1.165) is 0 Å². The predicted octanol–water partition coefficient (Wildman–Crippen LogP) is 1.94. The second-order valence-electron chi connectivity index (χ2n) is 5.20. The molecule has 0 saturated carbocycles. The van der Waals surface area contributed by atoms with Crippen molar-refractivity contribution < 1.29 is 19.4 Å². The van der Waals surface area contributed by atoms with Crippen LogP contribution in [-0.2, 0) is 0 Å². The number of methoxy groups -OCH3 is 2. The Kier molecular flexibility index (Phi) is 5.39. The van der Waals surface area contributed by atoms with Crippen LogP contribution in [0.1, 0.15) is 31.1 Å². The van der Waals surface area contributed by atoms with Gasteiger partial charge in [-0.1, -0.05) is 0 Å². The topological polar surface area (TPSA) is 59.0 Å². The highest BCUT2D eigenvalue weighted by Crippen LogP contribution is 2.28. The Hall–Kier alpha value is -1.75. The van der Waals surface area contributed by atoms with Crippen LogP contribution in [0, 0.1) is 0 Å². The maximum atomic E-state index is 12.4. The van der Waals surface area contributed by atoms with Crippen molar-refractivity contribution in [1.82, 2.24) is 4.90 Å². The zero-order chi connectivity index (χ0) is 15.3. The summed E-state index contributed by atoms with van der Waals surface area (Å²) < 4.78 is 10.3. The summed E-state index contributed by atoms with van der Waals surface area (Å²) >= 11 is 0. The first-order chi connectivity index (χ1) is 9.32. The van der Waals surface area contributed by atoms with Crippen molar-refractivity contribution in [1.29, 1.82) is 0 Å². The van der Waals surface area contributed by atoms with Crippen LogP contribution >= 0.6 is 0 Å². The summed E-state index contributed by atoms with van der Waals surface area (Å²) in [6.07, 6.45) is 0. The molecule has 0 aliphatic heterocycles. The molecule has 0 atom stereocenters. The van der Waals surface area contributed by atoms with Crippen LogP contribution in [0.25, 0.3) is 0 Å². The van der Waals surface area contributed by atoms with Crippen LogP contribution < -0.4 is 9.47 Å². The van der Waals surface area contributed by atoms with Gasteiger partial charge in [-0.25, -0.2) is 0 Å². The number of benzene rings is 1. The smallest absolute Gasteiger partial charge is 0.254 e. The molecular formula is C15H23NO4. The molecule has 0 unspecified atom stereocenters. The molecule has 1 N–H and O–H groups in total. The van der Waals surface area contributed by atoms with E-state index in [1.165, 1.54) is 7.11 Å². The molecule has 20 heavy (non-hydrogen) atoms. The zero-order valence-electron chi connectivity index (χ0n) is 12.8. The van der Waals surface area contributed by atoms with Crippen LogP contribution in [0.4, 0.5) is 0 Å². The average molecular weight is 281 g/mol. The van der Waals surface area contributed by atoms with E-state index in [-0.39, 0.29) is 12.5 Å². The summed E-state index contributed by atoms with van der Waals surface area (Å²) in [5.74, 6) is 0.947. The number of hydrogen-bond acceptors (Lipinski definition) is 4. The Labute approximate surface area is 120 Å². The van der Waals surface area contributed by atoms with E-state index in [9.17, 15) is 9.90 Å². The largest absolute Gasteiger partial charge is 0.493 e.